The van der Waals surface area contributed by atoms with Crippen LogP contribution in [0.3, 0.4) is 0 Å². The maximum Gasteiger partial charge on any atom is 0.227 e. The van der Waals surface area contributed by atoms with Gasteiger partial charge in [-0.05, 0) is 80.3 Å². The van der Waals surface area contributed by atoms with Crippen LogP contribution in [0.2, 0.25) is 0 Å². The lowest BCUT2D eigenvalue weighted by Gasteiger charge is -2.14. The third kappa shape index (κ3) is 14.4. The first-order valence-electron chi connectivity index (χ1n) is 14.9. The van der Waals surface area contributed by atoms with E-state index >= 15 is 0 Å². The molecule has 0 fully saturated rings. The Balaban J connectivity index is 1.50. The lowest BCUT2D eigenvalue weighted by molar-refractivity contribution is -0.123. The molecule has 2 rings (SSSR count). The number of hydrogen-bond donors (Lipinski definition) is 2. The van der Waals surface area contributed by atoms with Crippen molar-refractivity contribution >= 4 is 22.6 Å². The van der Waals surface area contributed by atoms with Gasteiger partial charge in [0.2, 0.25) is 11.8 Å². The zero-order valence-electron chi connectivity index (χ0n) is 25.1. The molecule has 2 aromatic carbocycles. The van der Waals surface area contributed by atoms with Crippen molar-refractivity contribution in [1.29, 1.82) is 0 Å². The van der Waals surface area contributed by atoms with Crippen molar-refractivity contribution in [3.05, 3.63) is 103 Å². The van der Waals surface area contributed by atoms with E-state index in [2.05, 4.69) is 78.3 Å². The Labute approximate surface area is 247 Å². The molecule has 1 atom stereocenters. The van der Waals surface area contributed by atoms with Crippen LogP contribution in [0.5, 0.6) is 5.75 Å². The Morgan fingerprint density at radius 2 is 1.32 bits per heavy atom. The number of rotatable bonds is 19. The van der Waals surface area contributed by atoms with Crippen molar-refractivity contribution < 1.29 is 14.3 Å². The second kappa shape index (κ2) is 21.0. The molecule has 0 saturated carbocycles. The molecule has 41 heavy (non-hydrogen) atoms. The number of benzene rings is 2. The number of hydrogen-bond acceptors (Lipinski definition) is 3. The van der Waals surface area contributed by atoms with E-state index in [1.54, 1.807) is 7.11 Å². The first kappa shape index (κ1) is 33.3. The minimum atomic E-state index is -0.277. The van der Waals surface area contributed by atoms with E-state index in [1.807, 2.05) is 43.3 Å². The number of fused-ring (bicyclic) bond motifs is 1. The smallest absolute Gasteiger partial charge is 0.227 e. The van der Waals surface area contributed by atoms with Crippen molar-refractivity contribution in [1.82, 2.24) is 10.6 Å². The second-order valence-corrected chi connectivity index (χ2v) is 9.94. The number of amides is 2. The highest BCUT2D eigenvalue weighted by Gasteiger charge is 2.15. The molecule has 0 aliphatic rings. The largest absolute Gasteiger partial charge is 0.497 e. The predicted octanol–water partition coefficient (Wildman–Crippen LogP) is 8.11. The molecule has 1 unspecified atom stereocenters. The molecule has 0 aliphatic heterocycles. The van der Waals surface area contributed by atoms with Crippen molar-refractivity contribution in [2.24, 2.45) is 0 Å². The lowest BCUT2D eigenvalue weighted by atomic mass is 9.97. The van der Waals surface area contributed by atoms with Gasteiger partial charge >= 0.3 is 0 Å². The topological polar surface area (TPSA) is 67.4 Å². The van der Waals surface area contributed by atoms with Crippen molar-refractivity contribution in [2.45, 2.75) is 71.1 Å². The molecule has 2 N–H and O–H groups in total. The van der Waals surface area contributed by atoms with E-state index in [-0.39, 0.29) is 17.7 Å². The maximum absolute atomic E-state index is 12.6. The van der Waals surface area contributed by atoms with E-state index in [0.29, 0.717) is 19.5 Å². The van der Waals surface area contributed by atoms with Crippen LogP contribution in [0.1, 0.15) is 76.7 Å². The Morgan fingerprint density at radius 3 is 1.95 bits per heavy atom. The summed E-state index contributed by atoms with van der Waals surface area (Å²) >= 11 is 0. The van der Waals surface area contributed by atoms with Gasteiger partial charge in [0.25, 0.3) is 0 Å². The van der Waals surface area contributed by atoms with Gasteiger partial charge in [0.15, 0.2) is 0 Å². The molecule has 0 radical (unpaired) electrons. The number of allylic oxidation sites excluding steroid dienone is 10. The van der Waals surface area contributed by atoms with E-state index in [0.717, 1.165) is 67.0 Å². The molecule has 2 amide bonds. The van der Waals surface area contributed by atoms with E-state index in [9.17, 15) is 9.59 Å². The van der Waals surface area contributed by atoms with Gasteiger partial charge in [-0.1, -0.05) is 91.9 Å². The maximum atomic E-state index is 12.6. The molecule has 0 heterocycles. The number of nitrogens with one attached hydrogen (secondary N) is 2. The minimum Gasteiger partial charge on any atom is -0.497 e. The molecule has 5 nitrogen and oxygen atoms in total. The van der Waals surface area contributed by atoms with Gasteiger partial charge in [-0.3, -0.25) is 9.59 Å². The van der Waals surface area contributed by atoms with Gasteiger partial charge in [0.1, 0.15) is 5.75 Å². The quantitative estimate of drug-likeness (QED) is 0.136. The van der Waals surface area contributed by atoms with Crippen LogP contribution in [0.25, 0.3) is 10.8 Å². The van der Waals surface area contributed by atoms with E-state index in [1.165, 1.54) is 0 Å². The average Bonchev–Trinajstić information content (AvgIpc) is 2.99. The number of methoxy groups -OCH3 is 1. The zero-order valence-corrected chi connectivity index (χ0v) is 25.1. The molecule has 5 heteroatoms. The molecule has 0 aromatic heterocycles. The highest BCUT2D eigenvalue weighted by Crippen LogP contribution is 2.25. The fraction of sp³-hybridized carbons (Fsp3) is 0.389. The Kier molecular flexibility index (Phi) is 17.0. The summed E-state index contributed by atoms with van der Waals surface area (Å²) in [5.74, 6) is 0.503. The monoisotopic (exact) mass is 556 g/mol. The van der Waals surface area contributed by atoms with Crippen molar-refractivity contribution in [3.8, 4) is 5.75 Å². The minimum absolute atomic E-state index is 0.0182. The van der Waals surface area contributed by atoms with Gasteiger partial charge in [-0.25, -0.2) is 0 Å². The third-order valence-electron chi connectivity index (χ3n) is 6.64. The molecule has 0 aliphatic carbocycles. The molecule has 220 valence electrons. The highest BCUT2D eigenvalue weighted by atomic mass is 16.5. The van der Waals surface area contributed by atoms with Gasteiger partial charge < -0.3 is 15.4 Å². The van der Waals surface area contributed by atoms with Crippen LogP contribution < -0.4 is 15.4 Å². The zero-order chi connectivity index (χ0) is 29.5. The fourth-order valence-corrected chi connectivity index (χ4v) is 4.17. The van der Waals surface area contributed by atoms with Crippen molar-refractivity contribution in [3.63, 3.8) is 0 Å². The van der Waals surface area contributed by atoms with Crippen LogP contribution >= 0.6 is 0 Å². The van der Waals surface area contributed by atoms with Crippen LogP contribution in [0, 0.1) is 0 Å². The first-order valence-corrected chi connectivity index (χ1v) is 14.9. The number of unbranched alkanes of at least 4 members (excludes halogenated alkanes) is 1. The molecule has 2 aromatic rings. The van der Waals surface area contributed by atoms with E-state index < -0.39 is 0 Å². The van der Waals surface area contributed by atoms with Crippen LogP contribution in [0.4, 0.5) is 0 Å². The standard InChI is InChI=1S/C36H48N2O3/c1-4-5-6-7-8-9-10-11-12-13-14-15-16-17-18-19-20-21-35(39)37-26-27-38-36(40)30(2)31-22-23-33-29-34(41-3)25-24-32(33)28-31/h5-6,8-9,11-12,14-15,17-18,22-25,28-30H,4,7,10,13,16,19-21,26-27H2,1-3H3,(H,37,39)(H,38,40)/b6-5-,9-8-,12-11-,15-14-,18-17-. The lowest BCUT2D eigenvalue weighted by Crippen LogP contribution is -2.36. The highest BCUT2D eigenvalue weighted by molar-refractivity contribution is 5.88. The van der Waals surface area contributed by atoms with Crippen LogP contribution in [0.15, 0.2) is 97.2 Å². The fourth-order valence-electron chi connectivity index (χ4n) is 4.17. The van der Waals surface area contributed by atoms with Crippen LogP contribution in [-0.2, 0) is 9.59 Å². The molecular weight excluding hydrogens is 508 g/mol. The number of carbonyl (C=O) groups is 2. The average molecular weight is 557 g/mol. The molecule has 0 spiro atoms. The summed E-state index contributed by atoms with van der Waals surface area (Å²) in [6.45, 7) is 4.88. The summed E-state index contributed by atoms with van der Waals surface area (Å²) in [6.07, 6.45) is 29.0. The molecule has 0 bridgehead atoms. The van der Waals surface area contributed by atoms with Gasteiger partial charge in [0.05, 0.1) is 13.0 Å². The summed E-state index contributed by atoms with van der Waals surface area (Å²) < 4.78 is 5.28. The summed E-state index contributed by atoms with van der Waals surface area (Å²) in [5, 5.41) is 7.96. The Hall–Kier alpha value is -3.86. The van der Waals surface area contributed by atoms with Gasteiger partial charge in [-0.2, -0.15) is 0 Å². The van der Waals surface area contributed by atoms with Gasteiger partial charge in [-0.15, -0.1) is 0 Å². The number of carbonyl (C=O) groups excluding carboxylic acids is 2. The van der Waals surface area contributed by atoms with Crippen molar-refractivity contribution in [2.75, 3.05) is 20.2 Å². The summed E-state index contributed by atoms with van der Waals surface area (Å²) in [4.78, 5) is 24.7. The SMILES string of the molecule is CC/C=C\C/C=C\C/C=C\C/C=C\C/C=C\CCCC(=O)NCCNC(=O)C(C)c1ccc2cc(OC)ccc2c1. The predicted molar refractivity (Wildman–Crippen MR) is 173 cm³/mol. The van der Waals surface area contributed by atoms with E-state index in [4.69, 9.17) is 4.74 Å². The normalized spacial score (nSPS) is 12.9. The summed E-state index contributed by atoms with van der Waals surface area (Å²) in [7, 11) is 1.65. The van der Waals surface area contributed by atoms with Crippen LogP contribution in [-0.4, -0.2) is 32.0 Å². The van der Waals surface area contributed by atoms with Gasteiger partial charge in [0, 0.05) is 19.5 Å². The first-order chi connectivity index (χ1) is 20.0. The molecule has 0 saturated heterocycles. The Bertz CT molecular complexity index is 1210. The summed E-state index contributed by atoms with van der Waals surface area (Å²) in [6, 6.07) is 11.9. The third-order valence-corrected chi connectivity index (χ3v) is 6.64. The molecular formula is C36H48N2O3. The summed E-state index contributed by atoms with van der Waals surface area (Å²) in [5.41, 5.74) is 0.958. The number of ether oxygens (including phenoxy) is 1. The second-order valence-electron chi connectivity index (χ2n) is 9.94. The Morgan fingerprint density at radius 1 is 0.756 bits per heavy atom.